The number of fused-ring (bicyclic) bond motifs is 2. The third kappa shape index (κ3) is 3.14. The van der Waals surface area contributed by atoms with Crippen LogP contribution in [-0.2, 0) is 6.42 Å². The number of rotatable bonds is 3. The summed E-state index contributed by atoms with van der Waals surface area (Å²) >= 11 is 0. The van der Waals surface area contributed by atoms with E-state index in [1.165, 1.54) is 6.33 Å². The predicted molar refractivity (Wildman–Crippen MR) is 117 cm³/mol. The highest BCUT2D eigenvalue weighted by atomic mass is 16.3. The molecule has 8 heteroatoms. The van der Waals surface area contributed by atoms with E-state index in [-0.39, 0.29) is 12.0 Å². The van der Waals surface area contributed by atoms with Gasteiger partial charge in [0.15, 0.2) is 0 Å². The van der Waals surface area contributed by atoms with Gasteiger partial charge in [-0.1, -0.05) is 24.3 Å². The molecule has 1 aliphatic carbocycles. The molecule has 1 aromatic carbocycles. The molecule has 0 spiro atoms. The molecule has 1 aliphatic heterocycles. The summed E-state index contributed by atoms with van der Waals surface area (Å²) in [4.78, 5) is 14.8. The molecule has 4 atom stereocenters. The number of nitrogen functional groups attached to an aromatic ring is 2. The van der Waals surface area contributed by atoms with E-state index in [2.05, 4.69) is 19.9 Å². The molecule has 5 rings (SSSR count). The lowest BCUT2D eigenvalue weighted by atomic mass is 10.0. The van der Waals surface area contributed by atoms with Crippen molar-refractivity contribution in [3.8, 4) is 0 Å². The Balaban J connectivity index is 1.36. The zero-order chi connectivity index (χ0) is 20.8. The predicted octanol–water partition coefficient (Wildman–Crippen LogP) is 1.38. The second kappa shape index (κ2) is 7.23. The van der Waals surface area contributed by atoms with Gasteiger partial charge in [-0.2, -0.15) is 0 Å². The molecule has 2 aliphatic rings. The first-order valence-electron chi connectivity index (χ1n) is 10.1. The van der Waals surface area contributed by atoms with E-state index in [1.807, 2.05) is 36.4 Å². The van der Waals surface area contributed by atoms with Gasteiger partial charge in [-0.15, -0.1) is 0 Å². The number of benzene rings is 1. The van der Waals surface area contributed by atoms with Crippen molar-refractivity contribution in [1.82, 2.24) is 15.0 Å². The number of hydrogen-bond acceptors (Lipinski definition) is 8. The number of aromatic nitrogens is 3. The number of anilines is 3. The van der Waals surface area contributed by atoms with Gasteiger partial charge in [0.1, 0.15) is 29.9 Å². The van der Waals surface area contributed by atoms with Crippen molar-refractivity contribution in [1.29, 1.82) is 0 Å². The van der Waals surface area contributed by atoms with Crippen LogP contribution >= 0.6 is 0 Å². The quantitative estimate of drug-likeness (QED) is 0.514. The molecule has 0 unspecified atom stereocenters. The third-order valence-corrected chi connectivity index (χ3v) is 6.20. The van der Waals surface area contributed by atoms with E-state index >= 15 is 0 Å². The third-order valence-electron chi connectivity index (χ3n) is 6.20. The van der Waals surface area contributed by atoms with Gasteiger partial charge in [0.2, 0.25) is 0 Å². The molecule has 0 amide bonds. The molecule has 0 saturated heterocycles. The minimum atomic E-state index is -0.861. The molecule has 0 bridgehead atoms. The summed E-state index contributed by atoms with van der Waals surface area (Å²) in [5.74, 6) is 1.56. The fourth-order valence-electron chi connectivity index (χ4n) is 4.60. The number of hydrogen-bond donors (Lipinski definition) is 4. The molecule has 3 heterocycles. The number of pyridine rings is 1. The second-order valence-corrected chi connectivity index (χ2v) is 8.00. The molecule has 2 aromatic heterocycles. The van der Waals surface area contributed by atoms with Gasteiger partial charge in [-0.3, -0.25) is 0 Å². The van der Waals surface area contributed by atoms with Crippen LogP contribution in [0.5, 0.6) is 0 Å². The lowest BCUT2D eigenvalue weighted by Gasteiger charge is -2.28. The van der Waals surface area contributed by atoms with Crippen LogP contribution in [0.1, 0.15) is 17.5 Å². The molecule has 3 aromatic rings. The van der Waals surface area contributed by atoms with Crippen LogP contribution in [0.3, 0.4) is 0 Å². The Kier molecular flexibility index (Phi) is 4.52. The highest BCUT2D eigenvalue weighted by Gasteiger charge is 2.45. The minimum absolute atomic E-state index is 0.169. The molecule has 30 heavy (non-hydrogen) atoms. The number of aliphatic hydroxyl groups excluding tert-OH is 2. The lowest BCUT2D eigenvalue weighted by Crippen LogP contribution is -2.43. The zero-order valence-corrected chi connectivity index (χ0v) is 16.4. The van der Waals surface area contributed by atoms with E-state index in [1.54, 1.807) is 6.07 Å². The topological polar surface area (TPSA) is 134 Å². The lowest BCUT2D eigenvalue weighted by molar-refractivity contribution is 0.0229. The summed E-state index contributed by atoms with van der Waals surface area (Å²) in [5, 5.41) is 22.4. The smallest absolute Gasteiger partial charge is 0.137 e. The Morgan fingerprint density at radius 3 is 2.77 bits per heavy atom. The van der Waals surface area contributed by atoms with Crippen LogP contribution < -0.4 is 16.4 Å². The van der Waals surface area contributed by atoms with Crippen LogP contribution in [-0.4, -0.2) is 50.0 Å². The van der Waals surface area contributed by atoms with E-state index in [0.29, 0.717) is 24.6 Å². The van der Waals surface area contributed by atoms with Crippen molar-refractivity contribution in [3.05, 3.63) is 53.9 Å². The molecular formula is C22H24N6O2. The van der Waals surface area contributed by atoms with Crippen LogP contribution in [0.15, 0.2) is 42.7 Å². The molecule has 1 saturated carbocycles. The number of nitrogens with two attached hydrogens (primary N) is 2. The molecule has 0 radical (unpaired) electrons. The van der Waals surface area contributed by atoms with Gasteiger partial charge in [-0.05, 0) is 36.6 Å². The SMILES string of the molecule is Nc1ccc2ccc(/C=C/[C@H]3C[C@@H](N4CCc5c(N)ncnc54)[C@H](O)[C@@H]3O)cc2n1. The fraction of sp³-hybridized carbons (Fsp3) is 0.318. The van der Waals surface area contributed by atoms with Crippen molar-refractivity contribution in [3.63, 3.8) is 0 Å². The minimum Gasteiger partial charge on any atom is -0.390 e. The summed E-state index contributed by atoms with van der Waals surface area (Å²) < 4.78 is 0. The molecule has 154 valence electrons. The summed E-state index contributed by atoms with van der Waals surface area (Å²) in [6, 6.07) is 9.47. The van der Waals surface area contributed by atoms with Crippen LogP contribution in [0.2, 0.25) is 0 Å². The first-order valence-corrected chi connectivity index (χ1v) is 10.1. The maximum absolute atomic E-state index is 10.7. The largest absolute Gasteiger partial charge is 0.390 e. The maximum Gasteiger partial charge on any atom is 0.137 e. The highest BCUT2D eigenvalue weighted by Crippen LogP contribution is 2.38. The fourth-order valence-corrected chi connectivity index (χ4v) is 4.60. The highest BCUT2D eigenvalue weighted by molar-refractivity contribution is 5.82. The van der Waals surface area contributed by atoms with Gasteiger partial charge in [0.05, 0.1) is 17.7 Å². The van der Waals surface area contributed by atoms with Crippen LogP contribution in [0.4, 0.5) is 17.5 Å². The van der Waals surface area contributed by atoms with E-state index < -0.39 is 12.2 Å². The zero-order valence-electron chi connectivity index (χ0n) is 16.4. The number of aliphatic hydroxyl groups is 2. The van der Waals surface area contributed by atoms with Crippen molar-refractivity contribution in [2.45, 2.75) is 31.1 Å². The average molecular weight is 404 g/mol. The Hall–Kier alpha value is -3.23. The van der Waals surface area contributed by atoms with E-state index in [0.717, 1.165) is 34.3 Å². The Bertz CT molecular complexity index is 1130. The summed E-state index contributed by atoms with van der Waals surface area (Å²) in [6.07, 6.45) is 5.04. The average Bonchev–Trinajstić information content (AvgIpc) is 3.29. The van der Waals surface area contributed by atoms with Crippen molar-refractivity contribution >= 4 is 34.4 Å². The Morgan fingerprint density at radius 1 is 1.07 bits per heavy atom. The summed E-state index contributed by atoms with van der Waals surface area (Å²) in [6.45, 7) is 0.709. The van der Waals surface area contributed by atoms with Gasteiger partial charge >= 0.3 is 0 Å². The van der Waals surface area contributed by atoms with Crippen LogP contribution in [0.25, 0.3) is 17.0 Å². The van der Waals surface area contributed by atoms with E-state index in [9.17, 15) is 10.2 Å². The first kappa shape index (κ1) is 18.8. The summed E-state index contributed by atoms with van der Waals surface area (Å²) in [5.41, 5.74) is 14.5. The maximum atomic E-state index is 10.7. The summed E-state index contributed by atoms with van der Waals surface area (Å²) in [7, 11) is 0. The molecule has 8 nitrogen and oxygen atoms in total. The monoisotopic (exact) mass is 404 g/mol. The molecule has 6 N–H and O–H groups in total. The first-order chi connectivity index (χ1) is 14.5. The molecule has 1 fully saturated rings. The second-order valence-electron chi connectivity index (χ2n) is 8.00. The van der Waals surface area contributed by atoms with Crippen LogP contribution in [0, 0.1) is 5.92 Å². The normalized spacial score (nSPS) is 26.0. The molecular weight excluding hydrogens is 380 g/mol. The Labute approximate surface area is 173 Å². The van der Waals surface area contributed by atoms with Crippen molar-refractivity contribution < 1.29 is 10.2 Å². The number of nitrogens with zero attached hydrogens (tertiary/aromatic N) is 4. The van der Waals surface area contributed by atoms with Crippen molar-refractivity contribution in [2.75, 3.05) is 22.9 Å². The van der Waals surface area contributed by atoms with Gasteiger partial charge in [0.25, 0.3) is 0 Å². The van der Waals surface area contributed by atoms with Gasteiger partial charge < -0.3 is 26.6 Å². The Morgan fingerprint density at radius 2 is 1.90 bits per heavy atom. The van der Waals surface area contributed by atoms with Gasteiger partial charge in [-0.25, -0.2) is 15.0 Å². The van der Waals surface area contributed by atoms with Gasteiger partial charge in [0, 0.05) is 23.4 Å². The standard InChI is InChI=1S/C22H24N6O2/c23-18-6-5-13-3-1-12(9-16(13)27-18)2-4-14-10-17(20(30)19(14)29)28-8-7-15-21(24)25-11-26-22(15)28/h1-6,9,11,14,17,19-20,29-30H,7-8,10H2,(H2,23,27)(H2,24,25,26)/b4-2+/t14-,17+,19+,20-/m0/s1. The van der Waals surface area contributed by atoms with Crippen molar-refractivity contribution in [2.24, 2.45) is 5.92 Å². The van der Waals surface area contributed by atoms with E-state index in [4.69, 9.17) is 11.5 Å².